The molecule has 1 N–H and O–H groups in total. The number of piperazine rings is 1. The Morgan fingerprint density at radius 1 is 1.53 bits per heavy atom. The highest BCUT2D eigenvalue weighted by Gasteiger charge is 2.32. The summed E-state index contributed by atoms with van der Waals surface area (Å²) in [6.07, 6.45) is 2.92. The first-order chi connectivity index (χ1) is 8.11. The molecule has 0 bridgehead atoms. The number of rotatable bonds is 2. The van der Waals surface area contributed by atoms with E-state index in [0.717, 1.165) is 6.20 Å². The van der Waals surface area contributed by atoms with E-state index in [1.54, 1.807) is 6.92 Å². The number of hydrogen-bond acceptors (Lipinski definition) is 3. The summed E-state index contributed by atoms with van der Waals surface area (Å²) in [7, 11) is 0. The summed E-state index contributed by atoms with van der Waals surface area (Å²) >= 11 is 0. The zero-order valence-electron chi connectivity index (χ0n) is 9.31. The van der Waals surface area contributed by atoms with Crippen LogP contribution in [0, 0.1) is 5.82 Å². The molecule has 0 radical (unpaired) electrons. The Morgan fingerprint density at radius 2 is 2.29 bits per heavy atom. The molecule has 2 rings (SSSR count). The summed E-state index contributed by atoms with van der Waals surface area (Å²) in [6, 6.07) is 0.649. The van der Waals surface area contributed by atoms with Gasteiger partial charge in [0.05, 0.1) is 18.1 Å². The van der Waals surface area contributed by atoms with E-state index in [-0.39, 0.29) is 18.4 Å². The number of pyridine rings is 1. The van der Waals surface area contributed by atoms with Crippen LogP contribution in [-0.2, 0) is 9.59 Å². The van der Waals surface area contributed by atoms with Gasteiger partial charge >= 0.3 is 0 Å². The van der Waals surface area contributed by atoms with Crippen molar-refractivity contribution in [2.45, 2.75) is 19.4 Å². The average molecular weight is 237 g/mol. The molecule has 1 saturated heterocycles. The molecule has 0 spiro atoms. The fraction of sp³-hybridized carbons (Fsp3) is 0.364. The topological polar surface area (TPSA) is 62.3 Å². The lowest BCUT2D eigenvalue weighted by atomic mass is 10.1. The first kappa shape index (κ1) is 11.5. The van der Waals surface area contributed by atoms with Gasteiger partial charge in [0.2, 0.25) is 11.8 Å². The monoisotopic (exact) mass is 237 g/mol. The summed E-state index contributed by atoms with van der Waals surface area (Å²) in [4.78, 5) is 28.3. The second kappa shape index (κ2) is 4.48. The van der Waals surface area contributed by atoms with E-state index in [4.69, 9.17) is 0 Å². The molecule has 90 valence electrons. The van der Waals surface area contributed by atoms with Gasteiger partial charge in [-0.05, 0) is 6.42 Å². The van der Waals surface area contributed by atoms with Gasteiger partial charge in [0.25, 0.3) is 0 Å². The van der Waals surface area contributed by atoms with E-state index in [0.29, 0.717) is 12.1 Å². The molecule has 1 aliphatic heterocycles. The number of nitrogens with one attached hydrogen (secondary N) is 1. The van der Waals surface area contributed by atoms with E-state index in [1.165, 1.54) is 17.2 Å². The molecule has 5 nitrogen and oxygen atoms in total. The van der Waals surface area contributed by atoms with Gasteiger partial charge < -0.3 is 5.32 Å². The SMILES string of the molecule is CCC1NC(=O)CN(c2cncc(F)c2)C1=O. The van der Waals surface area contributed by atoms with Crippen molar-refractivity contribution in [1.29, 1.82) is 0 Å². The minimum absolute atomic E-state index is 0.0968. The van der Waals surface area contributed by atoms with Crippen molar-refractivity contribution in [3.63, 3.8) is 0 Å². The molecule has 1 aliphatic rings. The normalized spacial score (nSPS) is 20.4. The second-order valence-corrected chi connectivity index (χ2v) is 3.81. The number of carbonyl (C=O) groups is 2. The van der Waals surface area contributed by atoms with Crippen LogP contribution in [0.15, 0.2) is 18.5 Å². The van der Waals surface area contributed by atoms with Crippen LogP contribution in [0.3, 0.4) is 0 Å². The molecule has 2 amide bonds. The van der Waals surface area contributed by atoms with E-state index < -0.39 is 11.9 Å². The molecular formula is C11H12FN3O2. The lowest BCUT2D eigenvalue weighted by molar-refractivity contribution is -0.131. The van der Waals surface area contributed by atoms with Crippen LogP contribution >= 0.6 is 0 Å². The van der Waals surface area contributed by atoms with Crippen molar-refractivity contribution < 1.29 is 14.0 Å². The first-order valence-corrected chi connectivity index (χ1v) is 5.33. The number of hydrogen-bond donors (Lipinski definition) is 1. The van der Waals surface area contributed by atoms with Crippen molar-refractivity contribution in [2.24, 2.45) is 0 Å². The second-order valence-electron chi connectivity index (χ2n) is 3.81. The third kappa shape index (κ3) is 2.25. The zero-order chi connectivity index (χ0) is 12.4. The van der Waals surface area contributed by atoms with Crippen molar-refractivity contribution in [3.8, 4) is 0 Å². The molecule has 0 aliphatic carbocycles. The van der Waals surface area contributed by atoms with Crippen molar-refractivity contribution in [2.75, 3.05) is 11.4 Å². The minimum atomic E-state index is -0.542. The van der Waals surface area contributed by atoms with E-state index >= 15 is 0 Å². The Labute approximate surface area is 97.6 Å². The van der Waals surface area contributed by atoms with Gasteiger partial charge in [-0.3, -0.25) is 19.5 Å². The average Bonchev–Trinajstić information content (AvgIpc) is 2.31. The number of nitrogens with zero attached hydrogens (tertiary/aromatic N) is 2. The Morgan fingerprint density at radius 3 is 2.94 bits per heavy atom. The minimum Gasteiger partial charge on any atom is -0.343 e. The molecular weight excluding hydrogens is 225 g/mol. The van der Waals surface area contributed by atoms with Crippen LogP contribution in [0.25, 0.3) is 0 Å². The van der Waals surface area contributed by atoms with Gasteiger partial charge in [-0.25, -0.2) is 4.39 Å². The summed E-state index contributed by atoms with van der Waals surface area (Å²) in [6.45, 7) is 1.70. The summed E-state index contributed by atoms with van der Waals surface area (Å²) in [5, 5.41) is 2.59. The molecule has 1 fully saturated rings. The van der Waals surface area contributed by atoms with Gasteiger partial charge in [-0.2, -0.15) is 0 Å². The van der Waals surface area contributed by atoms with Gasteiger partial charge in [-0.1, -0.05) is 6.92 Å². The Hall–Kier alpha value is -1.98. The van der Waals surface area contributed by atoms with Crippen molar-refractivity contribution >= 4 is 17.5 Å². The van der Waals surface area contributed by atoms with Crippen LogP contribution in [0.2, 0.25) is 0 Å². The molecule has 1 aromatic heterocycles. The Kier molecular flexibility index (Phi) is 3.03. The molecule has 1 unspecified atom stereocenters. The Bertz CT molecular complexity index is 464. The van der Waals surface area contributed by atoms with Crippen molar-refractivity contribution in [3.05, 3.63) is 24.3 Å². The van der Waals surface area contributed by atoms with E-state index in [2.05, 4.69) is 10.3 Å². The quantitative estimate of drug-likeness (QED) is 0.813. The highest BCUT2D eigenvalue weighted by Crippen LogP contribution is 2.17. The molecule has 17 heavy (non-hydrogen) atoms. The summed E-state index contributed by atoms with van der Waals surface area (Å²) in [5.41, 5.74) is 0.309. The Balaban J connectivity index is 2.30. The first-order valence-electron chi connectivity index (χ1n) is 5.33. The predicted molar refractivity (Wildman–Crippen MR) is 58.8 cm³/mol. The van der Waals surface area contributed by atoms with Crippen LogP contribution in [0.4, 0.5) is 10.1 Å². The highest BCUT2D eigenvalue weighted by molar-refractivity contribution is 6.06. The maximum absolute atomic E-state index is 13.0. The lowest BCUT2D eigenvalue weighted by Crippen LogP contribution is -2.58. The highest BCUT2D eigenvalue weighted by atomic mass is 19.1. The maximum Gasteiger partial charge on any atom is 0.250 e. The molecule has 1 atom stereocenters. The fourth-order valence-corrected chi connectivity index (χ4v) is 1.75. The smallest absolute Gasteiger partial charge is 0.250 e. The molecule has 6 heteroatoms. The van der Waals surface area contributed by atoms with Gasteiger partial charge in [0.15, 0.2) is 0 Å². The standard InChI is InChI=1S/C11H12FN3O2/c1-2-9-11(17)15(6-10(16)14-9)8-3-7(12)4-13-5-8/h3-5,9H,2,6H2,1H3,(H,14,16). The number of amides is 2. The van der Waals surface area contributed by atoms with Crippen LogP contribution in [-0.4, -0.2) is 29.4 Å². The van der Waals surface area contributed by atoms with Crippen LogP contribution in [0.5, 0.6) is 0 Å². The summed E-state index contributed by atoms with van der Waals surface area (Å²) < 4.78 is 13.0. The number of carbonyl (C=O) groups excluding carboxylic acids is 2. The third-order valence-electron chi connectivity index (χ3n) is 2.61. The number of halogens is 1. The number of aromatic nitrogens is 1. The van der Waals surface area contributed by atoms with Gasteiger partial charge in [0, 0.05) is 6.07 Å². The van der Waals surface area contributed by atoms with Gasteiger partial charge in [0.1, 0.15) is 18.4 Å². The zero-order valence-corrected chi connectivity index (χ0v) is 9.31. The molecule has 2 heterocycles. The number of anilines is 1. The molecule has 1 aromatic rings. The fourth-order valence-electron chi connectivity index (χ4n) is 1.75. The summed E-state index contributed by atoms with van der Waals surface area (Å²) in [5.74, 6) is -1.02. The molecule has 0 aromatic carbocycles. The van der Waals surface area contributed by atoms with E-state index in [1.807, 2.05) is 0 Å². The third-order valence-corrected chi connectivity index (χ3v) is 2.61. The largest absolute Gasteiger partial charge is 0.343 e. The van der Waals surface area contributed by atoms with Crippen molar-refractivity contribution in [1.82, 2.24) is 10.3 Å². The lowest BCUT2D eigenvalue weighted by Gasteiger charge is -2.31. The maximum atomic E-state index is 13.0. The molecule has 0 saturated carbocycles. The van der Waals surface area contributed by atoms with Gasteiger partial charge in [-0.15, -0.1) is 0 Å². The van der Waals surface area contributed by atoms with Crippen LogP contribution in [0.1, 0.15) is 13.3 Å². The van der Waals surface area contributed by atoms with Crippen LogP contribution < -0.4 is 10.2 Å². The van der Waals surface area contributed by atoms with E-state index in [9.17, 15) is 14.0 Å². The predicted octanol–water partition coefficient (Wildman–Crippen LogP) is 0.462.